The molecule has 1 heterocycles. The normalized spacial score (nSPS) is 13.8. The fourth-order valence-electron chi connectivity index (χ4n) is 2.11. The lowest BCUT2D eigenvalue weighted by Crippen LogP contribution is -2.12. The zero-order valence-corrected chi connectivity index (χ0v) is 11.9. The van der Waals surface area contributed by atoms with Gasteiger partial charge < -0.3 is 14.3 Å². The van der Waals surface area contributed by atoms with Crippen LogP contribution in [0.2, 0.25) is 0 Å². The SMILES string of the molecule is CCOCC(C)n1c(=S)[nH]c2cc(C(F)(F)F)ccc21. The smallest absolute Gasteiger partial charge is 0.380 e. The van der Waals surface area contributed by atoms with Gasteiger partial charge in [0.05, 0.1) is 29.2 Å². The molecule has 0 bridgehead atoms. The number of imidazole rings is 1. The molecule has 2 aromatic rings. The van der Waals surface area contributed by atoms with Crippen molar-refractivity contribution in [1.29, 1.82) is 0 Å². The number of H-pyrrole nitrogens is 1. The maximum atomic E-state index is 12.7. The first kappa shape index (κ1) is 15.1. The highest BCUT2D eigenvalue weighted by Crippen LogP contribution is 2.31. The van der Waals surface area contributed by atoms with Crippen molar-refractivity contribution in [3.63, 3.8) is 0 Å². The molecule has 0 spiro atoms. The Balaban J connectivity index is 2.48. The van der Waals surface area contributed by atoms with Crippen molar-refractivity contribution in [3.05, 3.63) is 28.5 Å². The number of halogens is 3. The van der Waals surface area contributed by atoms with Crippen LogP contribution in [-0.2, 0) is 10.9 Å². The second-order valence-corrected chi connectivity index (χ2v) is 4.93. The van der Waals surface area contributed by atoms with Crippen molar-refractivity contribution in [2.75, 3.05) is 13.2 Å². The molecule has 110 valence electrons. The van der Waals surface area contributed by atoms with Crippen LogP contribution in [0.4, 0.5) is 13.2 Å². The van der Waals surface area contributed by atoms with Gasteiger partial charge in [-0.25, -0.2) is 0 Å². The first-order valence-corrected chi connectivity index (χ1v) is 6.64. The molecule has 0 amide bonds. The van der Waals surface area contributed by atoms with Crippen LogP contribution in [0.25, 0.3) is 11.0 Å². The summed E-state index contributed by atoms with van der Waals surface area (Å²) in [5.74, 6) is 0. The lowest BCUT2D eigenvalue weighted by molar-refractivity contribution is -0.137. The van der Waals surface area contributed by atoms with Crippen molar-refractivity contribution < 1.29 is 17.9 Å². The zero-order valence-electron chi connectivity index (χ0n) is 11.1. The molecule has 1 N–H and O–H groups in total. The summed E-state index contributed by atoms with van der Waals surface area (Å²) in [6.07, 6.45) is -4.36. The Kier molecular flexibility index (Phi) is 4.19. The van der Waals surface area contributed by atoms with Crippen molar-refractivity contribution in [1.82, 2.24) is 9.55 Å². The third-order valence-electron chi connectivity index (χ3n) is 3.05. The number of nitrogens with zero attached hydrogens (tertiary/aromatic N) is 1. The maximum Gasteiger partial charge on any atom is 0.416 e. The Labute approximate surface area is 119 Å². The standard InChI is InChI=1S/C13H15F3N2OS/c1-3-19-7-8(2)18-11-5-4-9(13(14,15)16)6-10(11)17-12(18)20/h4-6,8H,3,7H2,1-2H3,(H,17,20). The molecule has 0 saturated heterocycles. The van der Waals surface area contributed by atoms with Gasteiger partial charge in [-0.15, -0.1) is 0 Å². The molecule has 0 aliphatic carbocycles. The van der Waals surface area contributed by atoms with Gasteiger partial charge >= 0.3 is 6.18 Å². The van der Waals surface area contributed by atoms with Gasteiger partial charge in [0.2, 0.25) is 0 Å². The molecule has 0 radical (unpaired) electrons. The predicted molar refractivity (Wildman–Crippen MR) is 73.3 cm³/mol. The average Bonchev–Trinajstić information content (AvgIpc) is 2.69. The molecule has 1 atom stereocenters. The van der Waals surface area contributed by atoms with Crippen LogP contribution in [0, 0.1) is 4.77 Å². The van der Waals surface area contributed by atoms with Gasteiger partial charge in [-0.3, -0.25) is 0 Å². The summed E-state index contributed by atoms with van der Waals surface area (Å²) < 4.78 is 45.6. The Morgan fingerprint density at radius 3 is 2.70 bits per heavy atom. The van der Waals surface area contributed by atoms with E-state index in [-0.39, 0.29) is 6.04 Å². The van der Waals surface area contributed by atoms with Gasteiger partial charge in [0.25, 0.3) is 0 Å². The molecule has 2 rings (SSSR count). The van der Waals surface area contributed by atoms with E-state index in [1.807, 2.05) is 13.8 Å². The van der Waals surface area contributed by atoms with Gasteiger partial charge in [0.1, 0.15) is 0 Å². The Morgan fingerprint density at radius 2 is 2.10 bits per heavy atom. The summed E-state index contributed by atoms with van der Waals surface area (Å²) in [5, 5.41) is 0. The number of aromatic amines is 1. The lowest BCUT2D eigenvalue weighted by atomic mass is 10.2. The zero-order chi connectivity index (χ0) is 14.9. The lowest BCUT2D eigenvalue weighted by Gasteiger charge is -2.14. The van der Waals surface area contributed by atoms with E-state index in [1.54, 1.807) is 4.57 Å². The molecular formula is C13H15F3N2OS. The molecule has 1 aromatic carbocycles. The topological polar surface area (TPSA) is 29.9 Å². The van der Waals surface area contributed by atoms with Crippen LogP contribution >= 0.6 is 12.2 Å². The molecule has 0 fully saturated rings. The molecule has 1 unspecified atom stereocenters. The summed E-state index contributed by atoms with van der Waals surface area (Å²) in [5.41, 5.74) is 0.342. The van der Waals surface area contributed by atoms with Gasteiger partial charge in [-0.2, -0.15) is 13.2 Å². The third-order valence-corrected chi connectivity index (χ3v) is 3.35. The van der Waals surface area contributed by atoms with E-state index in [0.717, 1.165) is 12.1 Å². The summed E-state index contributed by atoms with van der Waals surface area (Å²) in [6.45, 7) is 4.84. The third kappa shape index (κ3) is 2.88. The van der Waals surface area contributed by atoms with E-state index in [0.29, 0.717) is 29.0 Å². The number of nitrogens with one attached hydrogen (secondary N) is 1. The number of alkyl halides is 3. The Morgan fingerprint density at radius 1 is 1.40 bits per heavy atom. The van der Waals surface area contributed by atoms with Crippen molar-refractivity contribution in [2.24, 2.45) is 0 Å². The number of aromatic nitrogens is 2. The molecule has 3 nitrogen and oxygen atoms in total. The second-order valence-electron chi connectivity index (χ2n) is 4.54. The molecule has 0 aliphatic rings. The number of hydrogen-bond donors (Lipinski definition) is 1. The number of benzene rings is 1. The van der Waals surface area contributed by atoms with Crippen LogP contribution in [0.3, 0.4) is 0 Å². The highest BCUT2D eigenvalue weighted by atomic mass is 32.1. The largest absolute Gasteiger partial charge is 0.416 e. The molecule has 7 heteroatoms. The summed E-state index contributed by atoms with van der Waals surface area (Å²) in [4.78, 5) is 2.82. The van der Waals surface area contributed by atoms with E-state index in [9.17, 15) is 13.2 Å². The van der Waals surface area contributed by atoms with Crippen LogP contribution in [0.1, 0.15) is 25.5 Å². The Bertz CT molecular complexity index is 660. The summed E-state index contributed by atoms with van der Waals surface area (Å²) in [6, 6.07) is 3.53. The highest BCUT2D eigenvalue weighted by Gasteiger charge is 2.30. The fraction of sp³-hybridized carbons (Fsp3) is 0.462. The molecule has 0 aliphatic heterocycles. The minimum absolute atomic E-state index is 0.0482. The van der Waals surface area contributed by atoms with Crippen molar-refractivity contribution >= 4 is 23.3 Å². The molecule has 20 heavy (non-hydrogen) atoms. The van der Waals surface area contributed by atoms with Crippen molar-refractivity contribution in [2.45, 2.75) is 26.1 Å². The van der Waals surface area contributed by atoms with Crippen molar-refractivity contribution in [3.8, 4) is 0 Å². The first-order chi connectivity index (χ1) is 9.34. The van der Waals surface area contributed by atoms with Crippen LogP contribution in [0.15, 0.2) is 18.2 Å². The van der Waals surface area contributed by atoms with Gasteiger partial charge in [-0.1, -0.05) is 0 Å². The minimum atomic E-state index is -4.36. The summed E-state index contributed by atoms with van der Waals surface area (Å²) >= 11 is 5.19. The number of fused-ring (bicyclic) bond motifs is 1. The van der Waals surface area contributed by atoms with Crippen LogP contribution in [0.5, 0.6) is 0 Å². The van der Waals surface area contributed by atoms with E-state index in [2.05, 4.69) is 4.98 Å². The fourth-order valence-corrected chi connectivity index (χ4v) is 2.50. The summed E-state index contributed by atoms with van der Waals surface area (Å²) in [7, 11) is 0. The van der Waals surface area contributed by atoms with E-state index >= 15 is 0 Å². The number of hydrogen-bond acceptors (Lipinski definition) is 2. The van der Waals surface area contributed by atoms with Crippen LogP contribution in [-0.4, -0.2) is 22.8 Å². The predicted octanol–water partition coefficient (Wildman–Crippen LogP) is 4.32. The number of ether oxygens (including phenoxy) is 1. The highest BCUT2D eigenvalue weighted by molar-refractivity contribution is 7.71. The average molecular weight is 304 g/mol. The van der Waals surface area contributed by atoms with Gasteiger partial charge in [-0.05, 0) is 44.3 Å². The Hall–Kier alpha value is -1.34. The maximum absolute atomic E-state index is 12.7. The quantitative estimate of drug-likeness (QED) is 0.853. The second kappa shape index (κ2) is 5.57. The van der Waals surface area contributed by atoms with Gasteiger partial charge in [0.15, 0.2) is 4.77 Å². The first-order valence-electron chi connectivity index (χ1n) is 6.23. The molecule has 0 saturated carbocycles. The monoisotopic (exact) mass is 304 g/mol. The van der Waals surface area contributed by atoms with Crippen LogP contribution < -0.4 is 0 Å². The number of rotatable bonds is 4. The van der Waals surface area contributed by atoms with E-state index < -0.39 is 11.7 Å². The molecule has 1 aromatic heterocycles. The minimum Gasteiger partial charge on any atom is -0.380 e. The van der Waals surface area contributed by atoms with Gasteiger partial charge in [0, 0.05) is 6.61 Å². The molecular weight excluding hydrogens is 289 g/mol. The van der Waals surface area contributed by atoms with E-state index in [4.69, 9.17) is 17.0 Å². The van der Waals surface area contributed by atoms with E-state index in [1.165, 1.54) is 6.07 Å².